The largest absolute Gasteiger partial charge is 0.461 e. The van der Waals surface area contributed by atoms with Crippen molar-refractivity contribution in [3.05, 3.63) is 59.6 Å². The predicted molar refractivity (Wildman–Crippen MR) is 86.3 cm³/mol. The summed E-state index contributed by atoms with van der Waals surface area (Å²) in [6.45, 7) is 4.25. The van der Waals surface area contributed by atoms with Crippen molar-refractivity contribution < 1.29 is 14.1 Å². The van der Waals surface area contributed by atoms with Crippen LogP contribution in [-0.2, 0) is 11.2 Å². The second-order valence-corrected chi connectivity index (χ2v) is 5.69. The molecule has 0 saturated heterocycles. The number of esters is 1. The van der Waals surface area contributed by atoms with Gasteiger partial charge in [-0.3, -0.25) is 4.98 Å². The number of aromatic nitrogens is 2. The van der Waals surface area contributed by atoms with Crippen LogP contribution in [0.4, 0.5) is 0 Å². The van der Waals surface area contributed by atoms with E-state index in [0.29, 0.717) is 13.0 Å². The van der Waals surface area contributed by atoms with Gasteiger partial charge in [0.1, 0.15) is 6.26 Å². The summed E-state index contributed by atoms with van der Waals surface area (Å²) in [7, 11) is 0. The van der Waals surface area contributed by atoms with Crippen LogP contribution < -0.4 is 0 Å². The Morgan fingerprint density at radius 1 is 1.30 bits per heavy atom. The van der Waals surface area contributed by atoms with Crippen LogP contribution in [0.5, 0.6) is 0 Å². The first-order valence-corrected chi connectivity index (χ1v) is 7.60. The number of pyridine rings is 1. The van der Waals surface area contributed by atoms with Gasteiger partial charge in [0.05, 0.1) is 12.1 Å². The van der Waals surface area contributed by atoms with Crippen molar-refractivity contribution in [2.45, 2.75) is 26.2 Å². The Morgan fingerprint density at radius 2 is 2.17 bits per heavy atom. The van der Waals surface area contributed by atoms with E-state index in [1.807, 2.05) is 44.2 Å². The number of rotatable bonds is 5. The van der Waals surface area contributed by atoms with Gasteiger partial charge >= 0.3 is 5.97 Å². The van der Waals surface area contributed by atoms with Crippen molar-refractivity contribution in [3.8, 4) is 0 Å². The fourth-order valence-electron chi connectivity index (χ4n) is 2.41. The molecule has 23 heavy (non-hydrogen) atoms. The molecule has 0 bridgehead atoms. The highest BCUT2D eigenvalue weighted by Crippen LogP contribution is 2.19. The van der Waals surface area contributed by atoms with Crippen molar-refractivity contribution in [1.29, 1.82) is 0 Å². The molecule has 5 heteroatoms. The van der Waals surface area contributed by atoms with E-state index in [9.17, 15) is 4.79 Å². The van der Waals surface area contributed by atoms with E-state index < -0.39 is 5.97 Å². The number of ether oxygens (including phenoxy) is 1. The van der Waals surface area contributed by atoms with Gasteiger partial charge in [-0.1, -0.05) is 37.2 Å². The Kier molecular flexibility index (Phi) is 4.37. The number of hydrogen-bond donors (Lipinski definition) is 0. The topological polar surface area (TPSA) is 65.2 Å². The number of hydrogen-bond acceptors (Lipinski definition) is 5. The lowest BCUT2D eigenvalue weighted by Crippen LogP contribution is -2.11. The second-order valence-electron chi connectivity index (χ2n) is 5.69. The number of carbonyl (C=O) groups is 1. The van der Waals surface area contributed by atoms with Crippen LogP contribution in [0, 0.1) is 0 Å². The zero-order valence-corrected chi connectivity index (χ0v) is 13.2. The van der Waals surface area contributed by atoms with Crippen molar-refractivity contribution >= 4 is 16.9 Å². The SMILES string of the molecule is CC(C)c1conc1C(=O)OCCc1ccc2cccnc2c1. The number of benzene rings is 1. The van der Waals surface area contributed by atoms with Gasteiger partial charge in [-0.2, -0.15) is 0 Å². The molecule has 0 saturated carbocycles. The molecule has 1 aromatic carbocycles. The van der Waals surface area contributed by atoms with Gasteiger partial charge < -0.3 is 9.26 Å². The third kappa shape index (κ3) is 3.39. The van der Waals surface area contributed by atoms with Gasteiger partial charge in [-0.25, -0.2) is 4.79 Å². The molecule has 0 N–H and O–H groups in total. The lowest BCUT2D eigenvalue weighted by atomic mass is 10.0. The summed E-state index contributed by atoms with van der Waals surface area (Å²) in [4.78, 5) is 16.4. The van der Waals surface area contributed by atoms with Gasteiger partial charge in [0.2, 0.25) is 0 Å². The average molecular weight is 310 g/mol. The molecule has 2 heterocycles. The fraction of sp³-hybridized carbons (Fsp3) is 0.278. The Labute approximate surface area is 134 Å². The second kappa shape index (κ2) is 6.60. The third-order valence-corrected chi connectivity index (χ3v) is 3.71. The minimum Gasteiger partial charge on any atom is -0.461 e. The molecule has 118 valence electrons. The van der Waals surface area contributed by atoms with Crippen molar-refractivity contribution in [2.24, 2.45) is 0 Å². The molecule has 0 aliphatic carbocycles. The van der Waals surface area contributed by atoms with E-state index >= 15 is 0 Å². The molecule has 0 aliphatic heterocycles. The summed E-state index contributed by atoms with van der Waals surface area (Å²) in [5.41, 5.74) is 3.05. The summed E-state index contributed by atoms with van der Waals surface area (Å²) in [5.74, 6) is -0.281. The van der Waals surface area contributed by atoms with Gasteiger partial charge in [-0.15, -0.1) is 0 Å². The Hall–Kier alpha value is -2.69. The average Bonchev–Trinajstić information content (AvgIpc) is 3.04. The van der Waals surface area contributed by atoms with Crippen LogP contribution in [0.2, 0.25) is 0 Å². The van der Waals surface area contributed by atoms with Crippen LogP contribution in [0.1, 0.15) is 41.4 Å². The molecule has 0 unspecified atom stereocenters. The normalized spacial score (nSPS) is 11.1. The zero-order valence-electron chi connectivity index (χ0n) is 13.2. The van der Waals surface area contributed by atoms with Gasteiger partial charge in [0.25, 0.3) is 0 Å². The number of carbonyl (C=O) groups excluding carboxylic acids is 1. The molecular formula is C18H18N2O3. The van der Waals surface area contributed by atoms with Crippen LogP contribution in [0.25, 0.3) is 10.9 Å². The van der Waals surface area contributed by atoms with E-state index in [-0.39, 0.29) is 11.6 Å². The molecule has 2 aromatic heterocycles. The van der Waals surface area contributed by atoms with E-state index in [4.69, 9.17) is 9.26 Å². The molecule has 3 aromatic rings. The van der Waals surface area contributed by atoms with E-state index in [0.717, 1.165) is 22.0 Å². The molecule has 5 nitrogen and oxygen atoms in total. The van der Waals surface area contributed by atoms with Crippen LogP contribution in [0.3, 0.4) is 0 Å². The molecule has 0 spiro atoms. The lowest BCUT2D eigenvalue weighted by Gasteiger charge is -2.06. The summed E-state index contributed by atoms with van der Waals surface area (Å²) in [5, 5.41) is 4.84. The summed E-state index contributed by atoms with van der Waals surface area (Å²) < 4.78 is 10.2. The zero-order chi connectivity index (χ0) is 16.2. The monoisotopic (exact) mass is 310 g/mol. The molecule has 0 atom stereocenters. The Balaban J connectivity index is 1.62. The molecule has 0 fully saturated rings. The highest BCUT2D eigenvalue weighted by Gasteiger charge is 2.19. The molecule has 0 amide bonds. The number of nitrogens with zero attached hydrogens (tertiary/aromatic N) is 2. The Bertz CT molecular complexity index is 824. The van der Waals surface area contributed by atoms with Gasteiger partial charge in [0, 0.05) is 23.6 Å². The smallest absolute Gasteiger partial charge is 0.360 e. The highest BCUT2D eigenvalue weighted by atomic mass is 16.5. The highest BCUT2D eigenvalue weighted by molar-refractivity contribution is 5.88. The molecule has 0 aliphatic rings. The molecular weight excluding hydrogens is 292 g/mol. The first-order chi connectivity index (χ1) is 11.1. The van der Waals surface area contributed by atoms with Crippen molar-refractivity contribution in [2.75, 3.05) is 6.61 Å². The summed E-state index contributed by atoms with van der Waals surface area (Å²) in [6.07, 6.45) is 3.90. The maximum absolute atomic E-state index is 12.1. The minimum absolute atomic E-state index is 0.162. The fourth-order valence-corrected chi connectivity index (χ4v) is 2.41. The van der Waals surface area contributed by atoms with Gasteiger partial charge in [-0.05, 0) is 23.6 Å². The van der Waals surface area contributed by atoms with E-state index in [2.05, 4.69) is 10.1 Å². The third-order valence-electron chi connectivity index (χ3n) is 3.71. The van der Waals surface area contributed by atoms with Gasteiger partial charge in [0.15, 0.2) is 5.69 Å². The summed E-state index contributed by atoms with van der Waals surface area (Å²) in [6, 6.07) is 9.98. The minimum atomic E-state index is -0.443. The van der Waals surface area contributed by atoms with E-state index in [1.165, 1.54) is 6.26 Å². The molecule has 3 rings (SSSR count). The predicted octanol–water partition coefficient (Wildman–Crippen LogP) is 3.75. The standard InChI is InChI=1S/C18H18N2O3/c1-12(2)15-11-23-20-17(15)18(21)22-9-7-13-5-6-14-4-3-8-19-16(14)10-13/h3-6,8,10-12H,7,9H2,1-2H3. The number of fused-ring (bicyclic) bond motifs is 1. The van der Waals surface area contributed by atoms with Crippen molar-refractivity contribution in [3.63, 3.8) is 0 Å². The van der Waals surface area contributed by atoms with Crippen LogP contribution in [-0.4, -0.2) is 22.7 Å². The van der Waals surface area contributed by atoms with Crippen LogP contribution in [0.15, 0.2) is 47.3 Å². The van der Waals surface area contributed by atoms with E-state index in [1.54, 1.807) is 6.20 Å². The van der Waals surface area contributed by atoms with Crippen molar-refractivity contribution in [1.82, 2.24) is 10.1 Å². The maximum Gasteiger partial charge on any atom is 0.360 e. The Morgan fingerprint density at radius 3 is 3.00 bits per heavy atom. The first kappa shape index (κ1) is 15.2. The lowest BCUT2D eigenvalue weighted by molar-refractivity contribution is 0.0496. The quantitative estimate of drug-likeness (QED) is 0.672. The first-order valence-electron chi connectivity index (χ1n) is 7.60. The molecule has 0 radical (unpaired) electrons. The maximum atomic E-state index is 12.1. The van der Waals surface area contributed by atoms with Crippen LogP contribution >= 0.6 is 0 Å². The summed E-state index contributed by atoms with van der Waals surface area (Å²) >= 11 is 0.